The van der Waals surface area contributed by atoms with Crippen molar-refractivity contribution in [3.8, 4) is 5.75 Å². The monoisotopic (exact) mass is 356 g/mol. The zero-order valence-electron chi connectivity index (χ0n) is 11.6. The number of benzene rings is 1. The van der Waals surface area contributed by atoms with Gasteiger partial charge in [0.25, 0.3) is 0 Å². The van der Waals surface area contributed by atoms with E-state index in [1.165, 1.54) is 0 Å². The minimum Gasteiger partial charge on any atom is -0.808 e. The standard InChI is InChI=1S/C9H14O8P2.2Na/c10-18(11,12)9(19(13,14)15)17-7-6-16-8-4-2-1-3-5-8;;/h1-5,9H,6-7H2,(H2,10,11,12)(H2,13,14,15);;/q;2*+1/p-2. The average Bonchev–Trinajstić information content (AvgIpc) is 2.26. The van der Waals surface area contributed by atoms with Crippen molar-refractivity contribution in [2.24, 2.45) is 0 Å². The molecule has 12 heteroatoms. The molecule has 0 radical (unpaired) electrons. The Bertz CT molecular complexity index is 466. The number of hydrogen-bond donors (Lipinski definition) is 2. The summed E-state index contributed by atoms with van der Waals surface area (Å²) in [5.41, 5.74) is -2.68. The van der Waals surface area contributed by atoms with Gasteiger partial charge in [-0.3, -0.25) is 4.57 Å². The summed E-state index contributed by atoms with van der Waals surface area (Å²) in [4.78, 5) is 38.7. The van der Waals surface area contributed by atoms with Gasteiger partial charge < -0.3 is 33.6 Å². The molecule has 1 aromatic carbocycles. The topological polar surface area (TPSA) is 139 Å². The summed E-state index contributed by atoms with van der Waals surface area (Å²) in [5, 5.41) is 0. The molecule has 1 atom stereocenters. The Morgan fingerprint density at radius 1 is 1.05 bits per heavy atom. The number of rotatable bonds is 7. The van der Waals surface area contributed by atoms with Gasteiger partial charge in [-0.2, -0.15) is 0 Å². The van der Waals surface area contributed by atoms with Gasteiger partial charge in [0.05, 0.1) is 6.61 Å². The van der Waals surface area contributed by atoms with Crippen LogP contribution in [-0.2, 0) is 13.9 Å². The van der Waals surface area contributed by atoms with Gasteiger partial charge in [-0.05, 0) is 19.7 Å². The van der Waals surface area contributed by atoms with Gasteiger partial charge in [0.15, 0.2) is 5.59 Å². The Morgan fingerprint density at radius 3 is 2.00 bits per heavy atom. The number of ether oxygens (including phenoxy) is 2. The maximum atomic E-state index is 10.8. The van der Waals surface area contributed by atoms with Gasteiger partial charge in [0.1, 0.15) is 12.4 Å². The normalized spacial score (nSPS) is 12.8. The summed E-state index contributed by atoms with van der Waals surface area (Å²) in [6.45, 7) is -0.598. The van der Waals surface area contributed by atoms with Crippen LogP contribution in [0.1, 0.15) is 0 Å². The van der Waals surface area contributed by atoms with E-state index >= 15 is 0 Å². The Labute approximate surface area is 166 Å². The van der Waals surface area contributed by atoms with Gasteiger partial charge in [-0.15, -0.1) is 0 Å². The molecule has 0 spiro atoms. The van der Waals surface area contributed by atoms with Crippen LogP contribution in [0.25, 0.3) is 0 Å². The molecule has 0 saturated heterocycles. The van der Waals surface area contributed by atoms with E-state index in [9.17, 15) is 18.9 Å². The molecular formula is C9H12Na2O8P2. The molecule has 0 aromatic heterocycles. The largest absolute Gasteiger partial charge is 1.00 e. The molecule has 0 bridgehead atoms. The fraction of sp³-hybridized carbons (Fsp3) is 0.333. The quantitative estimate of drug-likeness (QED) is 0.279. The Balaban J connectivity index is 0. The first-order chi connectivity index (χ1) is 8.71. The van der Waals surface area contributed by atoms with Gasteiger partial charge in [-0.25, -0.2) is 0 Å². The van der Waals surface area contributed by atoms with Crippen LogP contribution in [-0.4, -0.2) is 28.6 Å². The molecule has 0 saturated carbocycles. The molecule has 1 aromatic rings. The van der Waals surface area contributed by atoms with Crippen molar-refractivity contribution >= 4 is 15.2 Å². The van der Waals surface area contributed by atoms with Crippen LogP contribution in [0, 0.1) is 0 Å². The van der Waals surface area contributed by atoms with Crippen molar-refractivity contribution in [3.05, 3.63) is 30.3 Å². The van der Waals surface area contributed by atoms with E-state index in [1.807, 2.05) is 0 Å². The van der Waals surface area contributed by atoms with Gasteiger partial charge in [0, 0.05) is 0 Å². The summed E-state index contributed by atoms with van der Waals surface area (Å²) < 4.78 is 31.0. The van der Waals surface area contributed by atoms with E-state index in [2.05, 4.69) is 4.74 Å². The third-order valence-electron chi connectivity index (χ3n) is 1.92. The second-order valence-electron chi connectivity index (χ2n) is 3.49. The first kappa shape index (κ1) is 24.5. The fourth-order valence-corrected chi connectivity index (χ4v) is 3.26. The zero-order valence-corrected chi connectivity index (χ0v) is 17.4. The molecule has 1 rings (SSSR count). The van der Waals surface area contributed by atoms with Crippen LogP contribution in [0.5, 0.6) is 5.75 Å². The zero-order chi connectivity index (χ0) is 14.5. The molecule has 1 unspecified atom stereocenters. The molecule has 0 aliphatic rings. The first-order valence-corrected chi connectivity index (χ1v) is 8.37. The van der Waals surface area contributed by atoms with Crippen LogP contribution in [0.2, 0.25) is 0 Å². The second kappa shape index (κ2) is 10.9. The molecule has 0 aliphatic heterocycles. The van der Waals surface area contributed by atoms with E-state index in [0.29, 0.717) is 5.75 Å². The molecule has 0 aliphatic carbocycles. The van der Waals surface area contributed by atoms with Crippen LogP contribution in [0.15, 0.2) is 30.3 Å². The minimum absolute atomic E-state index is 0. The molecular weight excluding hydrogens is 344 g/mol. The smallest absolute Gasteiger partial charge is 0.808 e. The molecule has 108 valence electrons. The van der Waals surface area contributed by atoms with E-state index in [4.69, 9.17) is 14.5 Å². The Kier molecular flexibility index (Phi) is 12.8. The maximum Gasteiger partial charge on any atom is 1.00 e. The summed E-state index contributed by atoms with van der Waals surface area (Å²) in [5.74, 6) is 0.478. The first-order valence-electron chi connectivity index (χ1n) is 5.07. The third kappa shape index (κ3) is 9.89. The molecule has 0 heterocycles. The van der Waals surface area contributed by atoms with Crippen molar-refractivity contribution in [1.82, 2.24) is 0 Å². The number of para-hydroxylation sites is 1. The van der Waals surface area contributed by atoms with Gasteiger partial charge in [-0.1, -0.05) is 18.2 Å². The summed E-state index contributed by atoms with van der Waals surface area (Å²) in [6.07, 6.45) is 0. The Morgan fingerprint density at radius 2 is 1.57 bits per heavy atom. The van der Waals surface area contributed by atoms with Gasteiger partial charge >= 0.3 is 66.7 Å². The van der Waals surface area contributed by atoms with Crippen molar-refractivity contribution in [1.29, 1.82) is 0 Å². The third-order valence-corrected chi connectivity index (χ3v) is 5.09. The molecule has 21 heavy (non-hydrogen) atoms. The second-order valence-corrected chi connectivity index (χ2v) is 7.09. The maximum absolute atomic E-state index is 10.8. The predicted octanol–water partition coefficient (Wildman–Crippen LogP) is -6.53. The molecule has 8 nitrogen and oxygen atoms in total. The van der Waals surface area contributed by atoms with Crippen molar-refractivity contribution in [2.45, 2.75) is 5.59 Å². The van der Waals surface area contributed by atoms with Crippen molar-refractivity contribution in [2.75, 3.05) is 13.2 Å². The van der Waals surface area contributed by atoms with E-state index in [-0.39, 0.29) is 65.7 Å². The fourth-order valence-electron chi connectivity index (χ4n) is 1.20. The van der Waals surface area contributed by atoms with Crippen molar-refractivity contribution in [3.63, 3.8) is 0 Å². The van der Waals surface area contributed by atoms with E-state index in [0.717, 1.165) is 0 Å². The number of hydrogen-bond acceptors (Lipinski definition) is 6. The SMILES string of the molecule is O=P([O-])([O-])C(OCCOc1ccccc1)P(=O)(O)O.[Na+].[Na+]. The molecule has 0 fully saturated rings. The average molecular weight is 356 g/mol. The van der Waals surface area contributed by atoms with Crippen molar-refractivity contribution < 1.29 is 97.3 Å². The van der Waals surface area contributed by atoms with E-state index < -0.39 is 27.4 Å². The van der Waals surface area contributed by atoms with Gasteiger partial charge in [0.2, 0.25) is 0 Å². The van der Waals surface area contributed by atoms with Crippen LogP contribution in [0.3, 0.4) is 0 Å². The summed E-state index contributed by atoms with van der Waals surface area (Å²) in [7, 11) is -10.7. The molecule has 2 N–H and O–H groups in total. The van der Waals surface area contributed by atoms with Crippen LogP contribution >= 0.6 is 15.2 Å². The molecule has 0 amide bonds. The Hall–Kier alpha value is 1.28. The van der Waals surface area contributed by atoms with Crippen LogP contribution < -0.4 is 73.6 Å². The van der Waals surface area contributed by atoms with Crippen LogP contribution in [0.4, 0.5) is 0 Å². The summed E-state index contributed by atoms with van der Waals surface area (Å²) in [6, 6.07) is 8.44. The minimum atomic E-state index is -5.55. The summed E-state index contributed by atoms with van der Waals surface area (Å²) >= 11 is 0. The van der Waals surface area contributed by atoms with E-state index in [1.54, 1.807) is 30.3 Å². The predicted molar refractivity (Wildman–Crippen MR) is 61.3 cm³/mol.